The summed E-state index contributed by atoms with van der Waals surface area (Å²) in [4.78, 5) is 34.7. The molecule has 2 rings (SSSR count). The Morgan fingerprint density at radius 2 is 2.20 bits per heavy atom. The molecule has 1 unspecified atom stereocenters. The lowest BCUT2D eigenvalue weighted by Gasteiger charge is -2.32. The molecule has 0 spiro atoms. The Balaban J connectivity index is 2.30. The lowest BCUT2D eigenvalue weighted by atomic mass is 10.2. The number of rotatable bonds is 3. The fraction of sp³-hybridized carbons (Fsp3) is 0.455. The lowest BCUT2D eigenvalue weighted by Crippen LogP contribution is -2.52. The van der Waals surface area contributed by atoms with Gasteiger partial charge in [-0.1, -0.05) is 0 Å². The first-order valence-electron chi connectivity index (χ1n) is 5.85. The number of morpholine rings is 1. The number of carboxylic acid groups (broad SMARTS) is 1. The number of nitrogens with zero attached hydrogens (tertiary/aromatic N) is 3. The van der Waals surface area contributed by atoms with Crippen LogP contribution in [0.25, 0.3) is 0 Å². The SMILES string of the molecule is Cn1c(C(=O)N2CCOCC2C(=O)O)ccc1[N+](=O)[O-]. The molecule has 1 aromatic heterocycles. The van der Waals surface area contributed by atoms with Crippen molar-refractivity contribution in [1.82, 2.24) is 9.47 Å². The molecule has 0 bridgehead atoms. The minimum absolute atomic E-state index is 0.0739. The molecule has 1 amide bonds. The van der Waals surface area contributed by atoms with E-state index in [2.05, 4.69) is 0 Å². The van der Waals surface area contributed by atoms with E-state index in [-0.39, 0.29) is 31.3 Å². The molecule has 1 N–H and O–H groups in total. The molecule has 1 atom stereocenters. The Bertz CT molecular complexity index is 567. The third kappa shape index (κ3) is 2.35. The number of carbonyl (C=O) groups excluding carboxylic acids is 1. The highest BCUT2D eigenvalue weighted by Gasteiger charge is 2.36. The van der Waals surface area contributed by atoms with Crippen molar-refractivity contribution in [3.63, 3.8) is 0 Å². The number of carbonyl (C=O) groups is 2. The van der Waals surface area contributed by atoms with Crippen LogP contribution in [0.4, 0.5) is 5.82 Å². The highest BCUT2D eigenvalue weighted by molar-refractivity contribution is 5.96. The van der Waals surface area contributed by atoms with Gasteiger partial charge in [0.25, 0.3) is 5.91 Å². The van der Waals surface area contributed by atoms with Crippen molar-refractivity contribution in [2.24, 2.45) is 7.05 Å². The summed E-state index contributed by atoms with van der Waals surface area (Å²) in [6, 6.07) is 1.45. The monoisotopic (exact) mass is 283 g/mol. The highest BCUT2D eigenvalue weighted by atomic mass is 16.6. The van der Waals surface area contributed by atoms with Crippen molar-refractivity contribution in [3.05, 3.63) is 27.9 Å². The van der Waals surface area contributed by atoms with Gasteiger partial charge in [-0.05, 0) is 11.0 Å². The van der Waals surface area contributed by atoms with Crippen LogP contribution < -0.4 is 0 Å². The average Bonchev–Trinajstić information content (AvgIpc) is 2.79. The average molecular weight is 283 g/mol. The normalized spacial score (nSPS) is 18.9. The maximum Gasteiger partial charge on any atom is 0.328 e. The molecule has 1 fully saturated rings. The molecule has 20 heavy (non-hydrogen) atoms. The lowest BCUT2D eigenvalue weighted by molar-refractivity contribution is -0.391. The second-order valence-corrected chi connectivity index (χ2v) is 4.32. The standard InChI is InChI=1S/C11H13N3O6/c1-12-7(2-3-9(12)14(18)19)10(15)13-4-5-20-6-8(13)11(16)17/h2-3,8H,4-6H2,1H3,(H,16,17). The van der Waals surface area contributed by atoms with Crippen LogP contribution >= 0.6 is 0 Å². The summed E-state index contributed by atoms with van der Waals surface area (Å²) in [5.41, 5.74) is 0.0739. The topological polar surface area (TPSA) is 115 Å². The number of hydrogen-bond acceptors (Lipinski definition) is 5. The van der Waals surface area contributed by atoms with Gasteiger partial charge in [-0.2, -0.15) is 0 Å². The predicted octanol–water partition coefficient (Wildman–Crippen LogP) is -0.141. The Morgan fingerprint density at radius 1 is 1.50 bits per heavy atom. The quantitative estimate of drug-likeness (QED) is 0.609. The molecule has 9 heteroatoms. The van der Waals surface area contributed by atoms with Gasteiger partial charge in [0.05, 0.1) is 20.3 Å². The summed E-state index contributed by atoms with van der Waals surface area (Å²) in [6.07, 6.45) is 0. The first-order valence-corrected chi connectivity index (χ1v) is 5.85. The number of amides is 1. The molecular weight excluding hydrogens is 270 g/mol. The van der Waals surface area contributed by atoms with Gasteiger partial charge in [0.1, 0.15) is 0 Å². The molecule has 1 aliphatic heterocycles. The molecule has 1 aliphatic rings. The Morgan fingerprint density at radius 3 is 2.75 bits per heavy atom. The molecule has 2 heterocycles. The summed E-state index contributed by atoms with van der Waals surface area (Å²) in [5.74, 6) is -1.95. The number of hydrogen-bond donors (Lipinski definition) is 1. The largest absolute Gasteiger partial charge is 0.480 e. The summed E-state index contributed by atoms with van der Waals surface area (Å²) < 4.78 is 6.18. The first-order chi connectivity index (χ1) is 9.43. The third-order valence-electron chi connectivity index (χ3n) is 3.18. The summed E-state index contributed by atoms with van der Waals surface area (Å²) in [5, 5.41) is 19.8. The van der Waals surface area contributed by atoms with Crippen LogP contribution in [-0.4, -0.2) is 57.2 Å². The van der Waals surface area contributed by atoms with Gasteiger partial charge in [0.2, 0.25) is 0 Å². The van der Waals surface area contributed by atoms with Gasteiger partial charge in [0, 0.05) is 12.6 Å². The Kier molecular flexibility index (Phi) is 3.70. The van der Waals surface area contributed by atoms with Gasteiger partial charge in [-0.3, -0.25) is 4.79 Å². The molecule has 108 valence electrons. The van der Waals surface area contributed by atoms with Gasteiger partial charge in [-0.15, -0.1) is 0 Å². The van der Waals surface area contributed by atoms with E-state index < -0.39 is 22.8 Å². The van der Waals surface area contributed by atoms with Crippen LogP contribution in [0.2, 0.25) is 0 Å². The van der Waals surface area contributed by atoms with E-state index in [9.17, 15) is 19.7 Å². The van der Waals surface area contributed by atoms with Crippen LogP contribution in [0.1, 0.15) is 10.5 Å². The third-order valence-corrected chi connectivity index (χ3v) is 3.18. The predicted molar refractivity (Wildman–Crippen MR) is 65.3 cm³/mol. The second-order valence-electron chi connectivity index (χ2n) is 4.32. The maximum atomic E-state index is 12.3. The first kappa shape index (κ1) is 14.0. The van der Waals surface area contributed by atoms with E-state index >= 15 is 0 Å². The van der Waals surface area contributed by atoms with Crippen molar-refractivity contribution >= 4 is 17.7 Å². The van der Waals surface area contributed by atoms with Crippen LogP contribution in [0.15, 0.2) is 12.1 Å². The molecule has 1 aromatic rings. The zero-order valence-corrected chi connectivity index (χ0v) is 10.7. The zero-order valence-electron chi connectivity index (χ0n) is 10.7. The van der Waals surface area contributed by atoms with E-state index in [4.69, 9.17) is 9.84 Å². The van der Waals surface area contributed by atoms with Crippen molar-refractivity contribution in [3.8, 4) is 0 Å². The van der Waals surface area contributed by atoms with Gasteiger partial charge in [-0.25, -0.2) is 9.36 Å². The number of carboxylic acids is 1. The maximum absolute atomic E-state index is 12.3. The van der Waals surface area contributed by atoms with Crippen molar-refractivity contribution in [2.75, 3.05) is 19.8 Å². The van der Waals surface area contributed by atoms with Gasteiger partial charge >= 0.3 is 11.8 Å². The molecular formula is C11H13N3O6. The number of aliphatic carboxylic acids is 1. The van der Waals surface area contributed by atoms with Crippen LogP contribution in [0.5, 0.6) is 0 Å². The van der Waals surface area contributed by atoms with E-state index in [0.717, 1.165) is 9.47 Å². The van der Waals surface area contributed by atoms with Crippen molar-refractivity contribution < 1.29 is 24.4 Å². The molecule has 1 saturated heterocycles. The van der Waals surface area contributed by atoms with E-state index in [1.807, 2.05) is 0 Å². The van der Waals surface area contributed by atoms with E-state index in [1.165, 1.54) is 19.2 Å². The van der Waals surface area contributed by atoms with E-state index in [0.29, 0.717) is 0 Å². The van der Waals surface area contributed by atoms with E-state index in [1.54, 1.807) is 0 Å². The van der Waals surface area contributed by atoms with Crippen molar-refractivity contribution in [2.45, 2.75) is 6.04 Å². The molecule has 0 aromatic carbocycles. The number of aromatic nitrogens is 1. The van der Waals surface area contributed by atoms with Crippen LogP contribution in [0.3, 0.4) is 0 Å². The smallest absolute Gasteiger partial charge is 0.328 e. The fourth-order valence-electron chi connectivity index (χ4n) is 2.10. The fourth-order valence-corrected chi connectivity index (χ4v) is 2.10. The molecule has 0 aliphatic carbocycles. The molecule has 9 nitrogen and oxygen atoms in total. The molecule has 0 radical (unpaired) electrons. The number of ether oxygens (including phenoxy) is 1. The van der Waals surface area contributed by atoms with Gasteiger partial charge in [0.15, 0.2) is 11.7 Å². The summed E-state index contributed by atoms with van der Waals surface area (Å²) in [7, 11) is 1.39. The van der Waals surface area contributed by atoms with Gasteiger partial charge < -0.3 is 24.9 Å². The summed E-state index contributed by atoms with van der Waals surface area (Å²) in [6.45, 7) is 0.282. The highest BCUT2D eigenvalue weighted by Crippen LogP contribution is 2.19. The van der Waals surface area contributed by atoms with Crippen LogP contribution in [-0.2, 0) is 16.6 Å². The minimum atomic E-state index is -1.17. The Labute approximate surface area is 113 Å². The minimum Gasteiger partial charge on any atom is -0.480 e. The second kappa shape index (κ2) is 5.29. The van der Waals surface area contributed by atoms with Crippen LogP contribution in [0, 0.1) is 10.1 Å². The Hall–Kier alpha value is -2.42. The van der Waals surface area contributed by atoms with Crippen molar-refractivity contribution in [1.29, 1.82) is 0 Å². The molecule has 0 saturated carbocycles. The number of nitro groups is 1. The zero-order chi connectivity index (χ0) is 14.9. The summed E-state index contributed by atoms with van der Waals surface area (Å²) >= 11 is 0.